The molecule has 1 aromatic heterocycles. The van der Waals surface area contributed by atoms with Gasteiger partial charge in [0.15, 0.2) is 11.6 Å². The van der Waals surface area contributed by atoms with Crippen molar-refractivity contribution in [2.75, 3.05) is 38.5 Å². The second-order valence-corrected chi connectivity index (χ2v) is 4.60. The predicted octanol–water partition coefficient (Wildman–Crippen LogP) is 1.72. The third-order valence-corrected chi connectivity index (χ3v) is 3.00. The number of nitrogens with zero attached hydrogens (tertiary/aromatic N) is 2. The minimum atomic E-state index is -0.595. The summed E-state index contributed by atoms with van der Waals surface area (Å²) >= 11 is 0. The van der Waals surface area contributed by atoms with Crippen LogP contribution in [0.15, 0.2) is 12.3 Å². The molecule has 1 aromatic rings. The monoisotopic (exact) mass is 282 g/mol. The fourth-order valence-electron chi connectivity index (χ4n) is 1.60. The molecule has 0 saturated heterocycles. The van der Waals surface area contributed by atoms with Crippen molar-refractivity contribution in [3.8, 4) is 0 Å². The number of anilines is 1. The molecule has 0 saturated carbocycles. The van der Waals surface area contributed by atoms with Gasteiger partial charge >= 0.3 is 0 Å². The number of carbonyl (C=O) groups is 1. The van der Waals surface area contributed by atoms with Gasteiger partial charge in [0.1, 0.15) is 0 Å². The highest BCUT2D eigenvalue weighted by atomic mass is 19.1. The largest absolute Gasteiger partial charge is 0.368 e. The molecule has 0 aliphatic carbocycles. The van der Waals surface area contributed by atoms with Gasteiger partial charge in [0.25, 0.3) is 5.91 Å². The van der Waals surface area contributed by atoms with Crippen molar-refractivity contribution in [2.45, 2.75) is 20.3 Å². The van der Waals surface area contributed by atoms with Gasteiger partial charge in [0, 0.05) is 25.8 Å². The molecule has 0 radical (unpaired) electrons. The van der Waals surface area contributed by atoms with Crippen LogP contribution < -0.4 is 10.6 Å². The molecule has 20 heavy (non-hydrogen) atoms. The first kappa shape index (κ1) is 16.4. The molecule has 1 rings (SSSR count). The van der Waals surface area contributed by atoms with E-state index in [-0.39, 0.29) is 11.4 Å². The molecule has 5 nitrogen and oxygen atoms in total. The summed E-state index contributed by atoms with van der Waals surface area (Å²) in [6.45, 7) is 6.77. The van der Waals surface area contributed by atoms with Gasteiger partial charge < -0.3 is 15.5 Å². The molecule has 6 heteroatoms. The Morgan fingerprint density at radius 2 is 2.15 bits per heavy atom. The van der Waals surface area contributed by atoms with Gasteiger partial charge in [-0.3, -0.25) is 4.79 Å². The van der Waals surface area contributed by atoms with E-state index in [0.717, 1.165) is 19.5 Å². The van der Waals surface area contributed by atoms with Crippen molar-refractivity contribution in [3.63, 3.8) is 0 Å². The van der Waals surface area contributed by atoms with Crippen LogP contribution in [0.1, 0.15) is 30.6 Å². The van der Waals surface area contributed by atoms with E-state index in [1.54, 1.807) is 0 Å². The maximum Gasteiger partial charge on any atom is 0.254 e. The quantitative estimate of drug-likeness (QED) is 0.762. The summed E-state index contributed by atoms with van der Waals surface area (Å²) in [5, 5.41) is 5.58. The summed E-state index contributed by atoms with van der Waals surface area (Å²) < 4.78 is 14.1. The Morgan fingerprint density at radius 3 is 2.80 bits per heavy atom. The third kappa shape index (κ3) is 4.77. The maximum atomic E-state index is 14.1. The van der Waals surface area contributed by atoms with Gasteiger partial charge in [0.05, 0.1) is 5.56 Å². The van der Waals surface area contributed by atoms with Crippen LogP contribution in [-0.2, 0) is 0 Å². The Morgan fingerprint density at radius 1 is 1.40 bits per heavy atom. The van der Waals surface area contributed by atoms with E-state index in [0.29, 0.717) is 13.1 Å². The van der Waals surface area contributed by atoms with Gasteiger partial charge in [-0.2, -0.15) is 0 Å². The summed E-state index contributed by atoms with van der Waals surface area (Å²) in [7, 11) is 1.96. The lowest BCUT2D eigenvalue weighted by atomic mass is 10.2. The normalized spacial score (nSPS) is 10.7. The highest BCUT2D eigenvalue weighted by Gasteiger charge is 2.15. The zero-order chi connectivity index (χ0) is 15.0. The van der Waals surface area contributed by atoms with Crippen LogP contribution in [0.25, 0.3) is 0 Å². The summed E-state index contributed by atoms with van der Waals surface area (Å²) in [5.41, 5.74) is 0.0257. The number of pyridine rings is 1. The molecular weight excluding hydrogens is 259 g/mol. The molecule has 0 aromatic carbocycles. The van der Waals surface area contributed by atoms with Crippen LogP contribution in [0, 0.1) is 5.82 Å². The van der Waals surface area contributed by atoms with E-state index in [4.69, 9.17) is 0 Å². The first-order valence-corrected chi connectivity index (χ1v) is 6.95. The van der Waals surface area contributed by atoms with Crippen LogP contribution in [-0.4, -0.2) is 49.0 Å². The molecule has 0 unspecified atom stereocenters. The van der Waals surface area contributed by atoms with Crippen LogP contribution in [0.4, 0.5) is 10.2 Å². The lowest BCUT2D eigenvalue weighted by Crippen LogP contribution is -2.33. The lowest BCUT2D eigenvalue weighted by molar-refractivity contribution is 0.0946. The smallest absolute Gasteiger partial charge is 0.254 e. The standard InChI is InChI=1S/C14H23FN4O/c1-4-7-16-13-12(15)11(6-8-17-13)14(20)18-9-10-19(3)5-2/h6,8H,4-5,7,9-10H2,1-3H3,(H,16,17)(H,18,20). The highest BCUT2D eigenvalue weighted by Crippen LogP contribution is 2.14. The van der Waals surface area contributed by atoms with Gasteiger partial charge in [-0.1, -0.05) is 13.8 Å². The van der Waals surface area contributed by atoms with E-state index < -0.39 is 11.7 Å². The predicted molar refractivity (Wildman–Crippen MR) is 78.5 cm³/mol. The number of nitrogens with one attached hydrogen (secondary N) is 2. The van der Waals surface area contributed by atoms with Crippen molar-refractivity contribution < 1.29 is 9.18 Å². The zero-order valence-electron chi connectivity index (χ0n) is 12.4. The van der Waals surface area contributed by atoms with E-state index >= 15 is 0 Å². The minimum absolute atomic E-state index is 0.0257. The molecule has 0 atom stereocenters. The molecule has 112 valence electrons. The zero-order valence-corrected chi connectivity index (χ0v) is 12.4. The van der Waals surface area contributed by atoms with Gasteiger partial charge in [-0.05, 0) is 26.1 Å². The molecule has 0 spiro atoms. The van der Waals surface area contributed by atoms with Crippen molar-refractivity contribution >= 4 is 11.7 Å². The first-order valence-electron chi connectivity index (χ1n) is 6.95. The average Bonchev–Trinajstić information content (AvgIpc) is 2.45. The molecular formula is C14H23FN4O. The van der Waals surface area contributed by atoms with Crippen LogP contribution >= 0.6 is 0 Å². The molecule has 0 bridgehead atoms. The number of hydrogen-bond donors (Lipinski definition) is 2. The maximum absolute atomic E-state index is 14.1. The highest BCUT2D eigenvalue weighted by molar-refractivity contribution is 5.95. The van der Waals surface area contributed by atoms with Crippen molar-refractivity contribution in [1.29, 1.82) is 0 Å². The topological polar surface area (TPSA) is 57.3 Å². The van der Waals surface area contributed by atoms with E-state index in [1.807, 2.05) is 20.9 Å². The lowest BCUT2D eigenvalue weighted by Gasteiger charge is -2.14. The first-order chi connectivity index (χ1) is 9.60. The summed E-state index contributed by atoms with van der Waals surface area (Å²) in [5.74, 6) is -0.874. The van der Waals surface area contributed by atoms with Crippen molar-refractivity contribution in [1.82, 2.24) is 15.2 Å². The second kappa shape index (κ2) is 8.47. The number of carbonyl (C=O) groups excluding carboxylic acids is 1. The van der Waals surface area contributed by atoms with E-state index in [2.05, 4.69) is 20.5 Å². The van der Waals surface area contributed by atoms with Crippen LogP contribution in [0.2, 0.25) is 0 Å². The molecule has 1 heterocycles. The number of rotatable bonds is 8. The number of hydrogen-bond acceptors (Lipinski definition) is 4. The summed E-state index contributed by atoms with van der Waals surface area (Å²) in [6.07, 6.45) is 2.30. The second-order valence-electron chi connectivity index (χ2n) is 4.60. The number of amides is 1. The van der Waals surface area contributed by atoms with Crippen molar-refractivity contribution in [3.05, 3.63) is 23.6 Å². The Balaban J connectivity index is 2.63. The molecule has 1 amide bonds. The Bertz CT molecular complexity index is 439. The Hall–Kier alpha value is -1.69. The molecule has 0 aliphatic rings. The Kier molecular flexibility index (Phi) is 6.93. The van der Waals surface area contributed by atoms with Crippen molar-refractivity contribution in [2.24, 2.45) is 0 Å². The third-order valence-electron chi connectivity index (χ3n) is 3.00. The molecule has 0 aliphatic heterocycles. The van der Waals surface area contributed by atoms with E-state index in [1.165, 1.54) is 12.3 Å². The average molecular weight is 282 g/mol. The minimum Gasteiger partial charge on any atom is -0.368 e. The fraction of sp³-hybridized carbons (Fsp3) is 0.571. The SMILES string of the molecule is CCCNc1nccc(C(=O)NCCN(C)CC)c1F. The fourth-order valence-corrected chi connectivity index (χ4v) is 1.60. The van der Waals surface area contributed by atoms with Gasteiger partial charge in [-0.25, -0.2) is 9.37 Å². The summed E-state index contributed by atoms with van der Waals surface area (Å²) in [6, 6.07) is 1.39. The van der Waals surface area contributed by atoms with Crippen LogP contribution in [0.3, 0.4) is 0 Å². The number of likely N-dealkylation sites (N-methyl/N-ethyl adjacent to an activating group) is 1. The molecule has 0 fully saturated rings. The summed E-state index contributed by atoms with van der Waals surface area (Å²) in [4.78, 5) is 17.9. The number of halogens is 1. The van der Waals surface area contributed by atoms with E-state index in [9.17, 15) is 9.18 Å². The Labute approximate surface area is 119 Å². The molecule has 2 N–H and O–H groups in total. The van der Waals surface area contributed by atoms with Gasteiger partial charge in [-0.15, -0.1) is 0 Å². The number of aromatic nitrogens is 1. The van der Waals surface area contributed by atoms with Gasteiger partial charge in [0.2, 0.25) is 0 Å². The van der Waals surface area contributed by atoms with Crippen LogP contribution in [0.5, 0.6) is 0 Å².